The highest BCUT2D eigenvalue weighted by molar-refractivity contribution is 6.33. The number of fused-ring (bicyclic) bond motifs is 2. The molecule has 0 saturated carbocycles. The van der Waals surface area contributed by atoms with Crippen LogP contribution in [0.5, 0.6) is 17.6 Å². The van der Waals surface area contributed by atoms with Crippen LogP contribution < -0.4 is 14.4 Å². The van der Waals surface area contributed by atoms with Crippen molar-refractivity contribution in [2.24, 2.45) is 0 Å². The number of carbonyl (C=O) groups excluding carboxylic acids is 1. The van der Waals surface area contributed by atoms with E-state index in [0.29, 0.717) is 61.4 Å². The molecule has 12 nitrogen and oxygen atoms in total. The molecule has 2 saturated heterocycles. The first-order chi connectivity index (χ1) is 21.2. The molecule has 1 amide bonds. The summed E-state index contributed by atoms with van der Waals surface area (Å²) in [5.74, 6) is -0.407. The van der Waals surface area contributed by atoms with Crippen molar-refractivity contribution in [1.82, 2.24) is 34.9 Å². The Bertz CT molecular complexity index is 1700. The van der Waals surface area contributed by atoms with Crippen LogP contribution in [0.15, 0.2) is 37.2 Å². The van der Waals surface area contributed by atoms with Crippen molar-refractivity contribution in [3.05, 3.63) is 48.0 Å². The standard InChI is InChI=1S/C28H28ClF3N8O4/c1-3-22(41)39-6-8-40(9-7-39)26-15-4-5-33-27(44-25-16-11-34-37-18(16)10-17(30)23(25)29)24(15)35-28(36-26)43-20-13-38(2)12-19(20)42-14-21(31)32/h3-5,10-11,19-21H,1,6-9,12-14H2,2H3,(H,34,37)/t19-,20-/m1/s1. The smallest absolute Gasteiger partial charge is 0.319 e. The van der Waals surface area contributed by atoms with Crippen molar-refractivity contribution in [1.29, 1.82) is 0 Å². The number of carbonyl (C=O) groups is 1. The van der Waals surface area contributed by atoms with Gasteiger partial charge in [-0.15, -0.1) is 0 Å². The lowest BCUT2D eigenvalue weighted by atomic mass is 10.2. The minimum absolute atomic E-state index is 0.000474. The molecule has 5 heterocycles. The van der Waals surface area contributed by atoms with Crippen molar-refractivity contribution in [3.8, 4) is 17.6 Å². The first kappa shape index (κ1) is 29.8. The maximum atomic E-state index is 14.7. The molecular formula is C28H28ClF3N8O4. The van der Waals surface area contributed by atoms with Crippen LogP contribution in [-0.4, -0.2) is 112 Å². The van der Waals surface area contributed by atoms with Crippen molar-refractivity contribution in [2.45, 2.75) is 18.6 Å². The van der Waals surface area contributed by atoms with E-state index in [1.54, 1.807) is 11.0 Å². The van der Waals surface area contributed by atoms with E-state index in [9.17, 15) is 18.0 Å². The molecule has 232 valence electrons. The van der Waals surface area contributed by atoms with Gasteiger partial charge in [0, 0.05) is 51.5 Å². The zero-order valence-corrected chi connectivity index (χ0v) is 24.3. The van der Waals surface area contributed by atoms with Gasteiger partial charge in [-0.3, -0.25) is 14.8 Å². The molecule has 0 spiro atoms. The maximum absolute atomic E-state index is 14.7. The Morgan fingerprint density at radius 1 is 1.20 bits per heavy atom. The molecule has 2 aliphatic heterocycles. The fourth-order valence-corrected chi connectivity index (χ4v) is 5.56. The Kier molecular flexibility index (Phi) is 8.42. The molecule has 6 rings (SSSR count). The van der Waals surface area contributed by atoms with Crippen molar-refractivity contribution in [2.75, 3.05) is 57.8 Å². The van der Waals surface area contributed by atoms with Gasteiger partial charge in [0.1, 0.15) is 41.0 Å². The minimum Gasteiger partial charge on any atom is -0.456 e. The number of ether oxygens (including phenoxy) is 3. The number of anilines is 1. The second-order valence-electron chi connectivity index (χ2n) is 10.4. The van der Waals surface area contributed by atoms with E-state index in [4.69, 9.17) is 30.8 Å². The predicted octanol–water partition coefficient (Wildman–Crippen LogP) is 3.66. The number of amides is 1. The number of nitrogens with one attached hydrogen (secondary N) is 1. The third kappa shape index (κ3) is 5.94. The number of H-pyrrole nitrogens is 1. The van der Waals surface area contributed by atoms with Crippen LogP contribution in [0.1, 0.15) is 0 Å². The second-order valence-corrected chi connectivity index (χ2v) is 10.8. The Balaban J connectivity index is 1.40. The van der Waals surface area contributed by atoms with Crippen LogP contribution in [0.3, 0.4) is 0 Å². The lowest BCUT2D eigenvalue weighted by Gasteiger charge is -2.35. The van der Waals surface area contributed by atoms with Gasteiger partial charge in [0.25, 0.3) is 6.43 Å². The number of piperazine rings is 1. The average molecular weight is 633 g/mol. The molecule has 3 aromatic heterocycles. The highest BCUT2D eigenvalue weighted by Gasteiger charge is 2.35. The quantitative estimate of drug-likeness (QED) is 0.274. The van der Waals surface area contributed by atoms with Crippen LogP contribution >= 0.6 is 11.6 Å². The first-order valence-corrected chi connectivity index (χ1v) is 14.2. The molecule has 0 radical (unpaired) electrons. The van der Waals surface area contributed by atoms with E-state index in [2.05, 4.69) is 26.7 Å². The number of alkyl halides is 2. The number of hydrogen-bond acceptors (Lipinski definition) is 10. The van der Waals surface area contributed by atoms with Gasteiger partial charge in [0.05, 0.1) is 22.5 Å². The number of halogens is 4. The number of likely N-dealkylation sites (tertiary alicyclic amines) is 1. The molecule has 16 heteroatoms. The topological polar surface area (TPSA) is 122 Å². The molecule has 0 unspecified atom stereocenters. The highest BCUT2D eigenvalue weighted by Crippen LogP contribution is 2.40. The van der Waals surface area contributed by atoms with Gasteiger partial charge < -0.3 is 24.0 Å². The van der Waals surface area contributed by atoms with Gasteiger partial charge in [0.2, 0.25) is 11.8 Å². The maximum Gasteiger partial charge on any atom is 0.319 e. The SMILES string of the molecule is C=CC(=O)N1CCN(c2nc(O[C@@H]3CN(C)C[C@H]3OCC(F)F)nc3c(Oc4c(Cl)c(F)cc5[nH]ncc45)nccc23)CC1. The fourth-order valence-electron chi connectivity index (χ4n) is 5.36. The first-order valence-electron chi connectivity index (χ1n) is 13.8. The van der Waals surface area contributed by atoms with Gasteiger partial charge in [0.15, 0.2) is 5.75 Å². The summed E-state index contributed by atoms with van der Waals surface area (Å²) in [5, 5.41) is 7.37. The van der Waals surface area contributed by atoms with Crippen LogP contribution in [0, 0.1) is 5.82 Å². The zero-order chi connectivity index (χ0) is 31.0. The molecular weight excluding hydrogens is 605 g/mol. The average Bonchev–Trinajstić information content (AvgIpc) is 3.63. The summed E-state index contributed by atoms with van der Waals surface area (Å²) < 4.78 is 58.3. The number of nitrogens with zero attached hydrogens (tertiary/aromatic N) is 7. The summed E-state index contributed by atoms with van der Waals surface area (Å²) in [6.07, 6.45) is 0.319. The largest absolute Gasteiger partial charge is 0.456 e. The van der Waals surface area contributed by atoms with E-state index >= 15 is 0 Å². The number of likely N-dealkylation sites (N-methyl/N-ethyl adjacent to an activating group) is 1. The lowest BCUT2D eigenvalue weighted by molar-refractivity contribution is -0.126. The van der Waals surface area contributed by atoms with Gasteiger partial charge in [-0.2, -0.15) is 15.1 Å². The molecule has 1 aromatic carbocycles. The number of aromatic amines is 1. The summed E-state index contributed by atoms with van der Waals surface area (Å²) in [5.41, 5.74) is 0.610. The molecule has 2 atom stereocenters. The Morgan fingerprint density at radius 3 is 2.73 bits per heavy atom. The van der Waals surface area contributed by atoms with Crippen LogP contribution in [0.4, 0.5) is 19.0 Å². The number of aromatic nitrogens is 5. The van der Waals surface area contributed by atoms with Crippen LogP contribution in [0.2, 0.25) is 5.02 Å². The van der Waals surface area contributed by atoms with Gasteiger partial charge >= 0.3 is 6.01 Å². The Morgan fingerprint density at radius 2 is 1.98 bits per heavy atom. The van der Waals surface area contributed by atoms with Crippen molar-refractivity contribution in [3.63, 3.8) is 0 Å². The van der Waals surface area contributed by atoms with Gasteiger partial charge in [-0.05, 0) is 19.2 Å². The third-order valence-corrected chi connectivity index (χ3v) is 7.84. The zero-order valence-electron chi connectivity index (χ0n) is 23.6. The fraction of sp³-hybridized carbons (Fsp3) is 0.393. The number of benzene rings is 1. The van der Waals surface area contributed by atoms with Crippen molar-refractivity contribution < 1.29 is 32.2 Å². The monoisotopic (exact) mass is 632 g/mol. The highest BCUT2D eigenvalue weighted by atomic mass is 35.5. The Hall–Kier alpha value is -4.21. The van der Waals surface area contributed by atoms with Gasteiger partial charge in [-0.1, -0.05) is 18.2 Å². The van der Waals surface area contributed by atoms with Gasteiger partial charge in [-0.25, -0.2) is 18.2 Å². The summed E-state index contributed by atoms with van der Waals surface area (Å²) in [6.45, 7) is 5.35. The molecule has 44 heavy (non-hydrogen) atoms. The normalized spacial score (nSPS) is 19.3. The predicted molar refractivity (Wildman–Crippen MR) is 155 cm³/mol. The lowest BCUT2D eigenvalue weighted by Crippen LogP contribution is -2.48. The van der Waals surface area contributed by atoms with E-state index in [-0.39, 0.29) is 34.1 Å². The Labute approximate surface area is 254 Å². The molecule has 1 N–H and O–H groups in total. The van der Waals surface area contributed by atoms with Crippen LogP contribution in [0.25, 0.3) is 21.8 Å². The third-order valence-electron chi connectivity index (χ3n) is 7.49. The molecule has 2 aliphatic rings. The van der Waals surface area contributed by atoms with Crippen molar-refractivity contribution >= 4 is 45.1 Å². The molecule has 0 bridgehead atoms. The van der Waals surface area contributed by atoms with E-state index < -0.39 is 31.1 Å². The summed E-state index contributed by atoms with van der Waals surface area (Å²) >= 11 is 6.31. The number of pyridine rings is 1. The summed E-state index contributed by atoms with van der Waals surface area (Å²) in [6, 6.07) is 2.86. The summed E-state index contributed by atoms with van der Waals surface area (Å²) in [7, 11) is 1.83. The minimum atomic E-state index is -2.63. The number of rotatable bonds is 9. The summed E-state index contributed by atoms with van der Waals surface area (Å²) in [4.78, 5) is 31.4. The van der Waals surface area contributed by atoms with E-state index in [1.807, 2.05) is 16.8 Å². The molecule has 2 fully saturated rings. The van der Waals surface area contributed by atoms with E-state index in [0.717, 1.165) is 0 Å². The number of hydrogen-bond donors (Lipinski definition) is 1. The molecule has 4 aromatic rings. The second kappa shape index (κ2) is 12.4. The van der Waals surface area contributed by atoms with E-state index in [1.165, 1.54) is 24.5 Å². The van der Waals surface area contributed by atoms with Crippen LogP contribution in [-0.2, 0) is 9.53 Å². The molecule has 0 aliphatic carbocycles.